The summed E-state index contributed by atoms with van der Waals surface area (Å²) in [5.41, 5.74) is 10.6. The fraction of sp³-hybridized carbons (Fsp3) is 0.600. The summed E-state index contributed by atoms with van der Waals surface area (Å²) in [6.45, 7) is 14.1. The monoisotopic (exact) mass is 619 g/mol. The summed E-state index contributed by atoms with van der Waals surface area (Å²) in [4.78, 5) is 34.5. The molecule has 4 rings (SSSR count). The molecular weight excluding hydrogens is 566 g/mol. The number of hydrogen-bond acceptors (Lipinski definition) is 7. The minimum atomic E-state index is -0.559. The topological polar surface area (TPSA) is 147 Å². The van der Waals surface area contributed by atoms with Gasteiger partial charge in [0.25, 0.3) is 11.8 Å². The second-order valence-electron chi connectivity index (χ2n) is 14.1. The number of nitrogens with two attached hydrogens (primary N) is 2. The first kappa shape index (κ1) is 34.2. The van der Waals surface area contributed by atoms with Gasteiger partial charge in [-0.05, 0) is 91.5 Å². The van der Waals surface area contributed by atoms with Gasteiger partial charge in [0.1, 0.15) is 17.2 Å². The minimum absolute atomic E-state index is 0.00620. The lowest BCUT2D eigenvalue weighted by atomic mass is 9.76. The Morgan fingerprint density at radius 2 is 1.84 bits per heavy atom. The van der Waals surface area contributed by atoms with Gasteiger partial charge in [-0.25, -0.2) is 11.4 Å². The summed E-state index contributed by atoms with van der Waals surface area (Å²) >= 11 is 0. The number of amidine groups is 1. The normalized spacial score (nSPS) is 23.1. The largest absolute Gasteiger partial charge is 0.498 e. The zero-order chi connectivity index (χ0) is 32.8. The molecule has 1 atom stereocenters. The first-order valence-corrected chi connectivity index (χ1v) is 16.5. The van der Waals surface area contributed by atoms with Crippen molar-refractivity contribution in [3.63, 3.8) is 0 Å². The number of amides is 2. The molecule has 10 heteroatoms. The number of hydrazine groups is 1. The van der Waals surface area contributed by atoms with Crippen LogP contribution in [-0.2, 0) is 9.53 Å². The Labute approximate surface area is 268 Å². The summed E-state index contributed by atoms with van der Waals surface area (Å²) in [5.74, 6) is 7.26. The molecule has 0 aromatic heterocycles. The molecule has 1 aromatic carbocycles. The Morgan fingerprint density at radius 1 is 1.16 bits per heavy atom. The van der Waals surface area contributed by atoms with Crippen molar-refractivity contribution in [3.8, 4) is 0 Å². The van der Waals surface area contributed by atoms with Crippen LogP contribution in [0, 0.1) is 17.3 Å². The Hall–Kier alpha value is -3.66. The number of nitrogens with one attached hydrogen (secondary N) is 2. The Bertz CT molecular complexity index is 1330. The van der Waals surface area contributed by atoms with Crippen LogP contribution in [0.4, 0.5) is 0 Å². The quantitative estimate of drug-likeness (QED) is 0.105. The summed E-state index contributed by atoms with van der Waals surface area (Å²) in [6, 6.07) is 7.32. The number of hydrazone groups is 1. The molecule has 0 saturated heterocycles. The highest BCUT2D eigenvalue weighted by Gasteiger charge is 2.52. The standard InChI is InChI=1S/C35H53N7O3/c1-7-29(25-8-10-27(11-9-25)32(43)38-22-30(36)40-41-37)42-33(44)31(39-35(42)18-16-24(17-19-35)23(2)3)26-12-14-28(15-13-26)45-21-20-34(4,5)6/h8-12,14,23-24,29,41H,7,13,15-22,37H2,1-6H3,(H2,36,40)(H,38,43)/t24?,29-,35?/m1/s1. The van der Waals surface area contributed by atoms with Gasteiger partial charge in [-0.2, -0.15) is 5.10 Å². The van der Waals surface area contributed by atoms with E-state index >= 15 is 0 Å². The van der Waals surface area contributed by atoms with Gasteiger partial charge < -0.3 is 20.7 Å². The highest BCUT2D eigenvalue weighted by Crippen LogP contribution is 2.48. The number of benzene rings is 1. The van der Waals surface area contributed by atoms with Crippen molar-refractivity contribution in [2.45, 2.75) is 105 Å². The molecule has 2 amide bonds. The van der Waals surface area contributed by atoms with E-state index in [-0.39, 0.29) is 35.7 Å². The van der Waals surface area contributed by atoms with Crippen LogP contribution in [0.15, 0.2) is 57.8 Å². The van der Waals surface area contributed by atoms with E-state index in [0.29, 0.717) is 29.7 Å². The Kier molecular flexibility index (Phi) is 11.1. The zero-order valence-corrected chi connectivity index (χ0v) is 28.0. The minimum Gasteiger partial charge on any atom is -0.498 e. The van der Waals surface area contributed by atoms with E-state index in [4.69, 9.17) is 21.3 Å². The van der Waals surface area contributed by atoms with Gasteiger partial charge in [-0.15, -0.1) is 0 Å². The van der Waals surface area contributed by atoms with Gasteiger partial charge >= 0.3 is 0 Å². The number of aliphatic imine (C=N–C) groups is 1. The fourth-order valence-corrected chi connectivity index (χ4v) is 6.62. The molecule has 1 aromatic rings. The SMILES string of the molecule is CC[C@H](c1ccc(C(=O)NC/C(N)=N/NN)cc1)N1C(=O)C(C2=CC=C(OCCC(C)(C)C)CC2)=NC12CCC(C(C)C)CC2. The molecule has 1 heterocycles. The molecule has 3 aliphatic rings. The number of nitrogens with zero attached hydrogens (tertiary/aromatic N) is 3. The van der Waals surface area contributed by atoms with Gasteiger partial charge in [0, 0.05) is 12.0 Å². The van der Waals surface area contributed by atoms with E-state index in [0.717, 1.165) is 68.3 Å². The molecule has 0 radical (unpaired) electrons. The molecule has 246 valence electrons. The smallest absolute Gasteiger partial charge is 0.274 e. The third-order valence-electron chi connectivity index (χ3n) is 9.41. The van der Waals surface area contributed by atoms with Gasteiger partial charge in [-0.1, -0.05) is 59.8 Å². The fourth-order valence-electron chi connectivity index (χ4n) is 6.62. The Balaban J connectivity index is 1.57. The molecule has 45 heavy (non-hydrogen) atoms. The second kappa shape index (κ2) is 14.6. The van der Waals surface area contributed by atoms with E-state index in [9.17, 15) is 9.59 Å². The van der Waals surface area contributed by atoms with Crippen molar-refractivity contribution >= 4 is 23.4 Å². The number of allylic oxidation sites excluding steroid dienone is 3. The van der Waals surface area contributed by atoms with Crippen LogP contribution in [0.1, 0.15) is 115 Å². The van der Waals surface area contributed by atoms with Crippen molar-refractivity contribution < 1.29 is 14.3 Å². The van der Waals surface area contributed by atoms with Gasteiger partial charge in [0.05, 0.1) is 25.0 Å². The first-order valence-electron chi connectivity index (χ1n) is 16.5. The third kappa shape index (κ3) is 8.34. The predicted molar refractivity (Wildman–Crippen MR) is 180 cm³/mol. The number of hydrogen-bond donors (Lipinski definition) is 4. The number of rotatable bonds is 12. The van der Waals surface area contributed by atoms with E-state index in [1.165, 1.54) is 0 Å². The van der Waals surface area contributed by atoms with Gasteiger partial charge in [-0.3, -0.25) is 14.6 Å². The lowest BCUT2D eigenvalue weighted by Gasteiger charge is -2.46. The number of ether oxygens (including phenoxy) is 1. The van der Waals surface area contributed by atoms with Crippen LogP contribution in [0.2, 0.25) is 0 Å². The number of carbonyl (C=O) groups excluding carboxylic acids is 2. The zero-order valence-electron chi connectivity index (χ0n) is 28.0. The average molecular weight is 620 g/mol. The molecule has 1 fully saturated rings. The van der Waals surface area contributed by atoms with Crippen molar-refractivity contribution in [1.82, 2.24) is 15.8 Å². The van der Waals surface area contributed by atoms with Crippen LogP contribution >= 0.6 is 0 Å². The maximum absolute atomic E-state index is 14.4. The Morgan fingerprint density at radius 3 is 2.40 bits per heavy atom. The molecule has 1 saturated carbocycles. The third-order valence-corrected chi connectivity index (χ3v) is 9.41. The van der Waals surface area contributed by atoms with E-state index in [1.807, 2.05) is 24.3 Å². The summed E-state index contributed by atoms with van der Waals surface area (Å²) < 4.78 is 6.07. The van der Waals surface area contributed by atoms with Crippen LogP contribution in [-0.4, -0.2) is 47.1 Å². The number of carbonyl (C=O) groups is 2. The average Bonchev–Trinajstić information content (AvgIpc) is 3.27. The highest BCUT2D eigenvalue weighted by molar-refractivity contribution is 6.46. The molecule has 6 N–H and O–H groups in total. The summed E-state index contributed by atoms with van der Waals surface area (Å²) in [7, 11) is 0. The van der Waals surface area contributed by atoms with E-state index in [1.54, 1.807) is 12.1 Å². The van der Waals surface area contributed by atoms with Crippen LogP contribution in [0.25, 0.3) is 0 Å². The van der Waals surface area contributed by atoms with Crippen molar-refractivity contribution in [3.05, 3.63) is 58.9 Å². The van der Waals surface area contributed by atoms with E-state index < -0.39 is 5.66 Å². The van der Waals surface area contributed by atoms with E-state index in [2.05, 4.69) is 62.4 Å². The second-order valence-corrected chi connectivity index (χ2v) is 14.1. The first-order chi connectivity index (χ1) is 21.4. The summed E-state index contributed by atoms with van der Waals surface area (Å²) in [6.07, 6.45) is 11.1. The van der Waals surface area contributed by atoms with Crippen LogP contribution in [0.3, 0.4) is 0 Å². The molecular formula is C35H53N7O3. The highest BCUT2D eigenvalue weighted by atomic mass is 16.5. The molecule has 10 nitrogen and oxygen atoms in total. The molecule has 1 aliphatic heterocycles. The lowest BCUT2D eigenvalue weighted by Crippen LogP contribution is -2.51. The maximum Gasteiger partial charge on any atom is 0.274 e. The predicted octanol–water partition coefficient (Wildman–Crippen LogP) is 5.49. The maximum atomic E-state index is 14.4. The molecule has 0 unspecified atom stereocenters. The van der Waals surface area contributed by atoms with Gasteiger partial charge in [0.15, 0.2) is 0 Å². The van der Waals surface area contributed by atoms with Crippen molar-refractivity contribution in [2.24, 2.45) is 38.9 Å². The molecule has 0 bridgehead atoms. The van der Waals surface area contributed by atoms with Crippen LogP contribution in [0.5, 0.6) is 0 Å². The van der Waals surface area contributed by atoms with Crippen molar-refractivity contribution in [2.75, 3.05) is 13.2 Å². The van der Waals surface area contributed by atoms with Crippen LogP contribution < -0.4 is 22.4 Å². The van der Waals surface area contributed by atoms with Crippen molar-refractivity contribution in [1.29, 1.82) is 0 Å². The molecule has 2 aliphatic carbocycles. The van der Waals surface area contributed by atoms with Gasteiger partial charge in [0.2, 0.25) is 0 Å². The summed E-state index contributed by atoms with van der Waals surface area (Å²) in [5, 5.41) is 6.39. The lowest BCUT2D eigenvalue weighted by molar-refractivity contribution is -0.133. The molecule has 1 spiro atoms.